The molecule has 2 nitrogen and oxygen atoms in total. The van der Waals surface area contributed by atoms with Gasteiger partial charge in [-0.15, -0.1) is 0 Å². The summed E-state index contributed by atoms with van der Waals surface area (Å²) in [5.74, 6) is 0.752. The molecule has 0 spiro atoms. The summed E-state index contributed by atoms with van der Waals surface area (Å²) in [6, 6.07) is 5.98. The van der Waals surface area contributed by atoms with Gasteiger partial charge in [0.25, 0.3) is 0 Å². The van der Waals surface area contributed by atoms with E-state index in [4.69, 9.17) is 5.73 Å². The van der Waals surface area contributed by atoms with Crippen molar-refractivity contribution in [2.24, 2.45) is 17.1 Å². The van der Waals surface area contributed by atoms with Gasteiger partial charge in [0.15, 0.2) is 5.78 Å². The fourth-order valence-electron chi connectivity index (χ4n) is 2.58. The molecule has 1 aromatic carbocycles. The lowest BCUT2D eigenvalue weighted by atomic mass is 9.75. The normalized spacial score (nSPS) is 13.3. The molecule has 0 aliphatic carbocycles. The van der Waals surface area contributed by atoms with Crippen LogP contribution in [0, 0.1) is 25.2 Å². The summed E-state index contributed by atoms with van der Waals surface area (Å²) in [4.78, 5) is 12.3. The molecule has 0 amide bonds. The molecule has 0 saturated heterocycles. The van der Waals surface area contributed by atoms with E-state index in [-0.39, 0.29) is 11.2 Å². The molecule has 0 heterocycles. The molecule has 0 aliphatic heterocycles. The van der Waals surface area contributed by atoms with Crippen LogP contribution in [0.5, 0.6) is 0 Å². The minimum atomic E-state index is 0.211. The Morgan fingerprint density at radius 1 is 1.15 bits per heavy atom. The van der Waals surface area contributed by atoms with Crippen LogP contribution in [0.3, 0.4) is 0 Å². The van der Waals surface area contributed by atoms with E-state index >= 15 is 0 Å². The van der Waals surface area contributed by atoms with E-state index in [2.05, 4.69) is 34.6 Å². The van der Waals surface area contributed by atoms with Crippen LogP contribution in [-0.2, 0) is 0 Å². The second-order valence-electron chi connectivity index (χ2n) is 6.90. The predicted molar refractivity (Wildman–Crippen MR) is 86.1 cm³/mol. The van der Waals surface area contributed by atoms with Gasteiger partial charge in [-0.1, -0.05) is 32.9 Å². The molecule has 1 aromatic rings. The number of nitrogens with two attached hydrogens (primary N) is 1. The van der Waals surface area contributed by atoms with Gasteiger partial charge >= 0.3 is 0 Å². The first-order chi connectivity index (χ1) is 9.25. The van der Waals surface area contributed by atoms with E-state index in [9.17, 15) is 4.79 Å². The summed E-state index contributed by atoms with van der Waals surface area (Å²) in [7, 11) is 0. The number of hydrogen-bond donors (Lipinski definition) is 1. The van der Waals surface area contributed by atoms with E-state index < -0.39 is 0 Å². The Labute approximate surface area is 123 Å². The zero-order valence-corrected chi connectivity index (χ0v) is 13.6. The predicted octanol–water partition coefficient (Wildman–Crippen LogP) is 4.28. The molecule has 112 valence electrons. The number of rotatable bonds is 6. The molecule has 1 atom stereocenters. The van der Waals surface area contributed by atoms with Crippen molar-refractivity contribution >= 4 is 5.78 Å². The summed E-state index contributed by atoms with van der Waals surface area (Å²) in [5.41, 5.74) is 9.17. The van der Waals surface area contributed by atoms with Crippen molar-refractivity contribution in [3.8, 4) is 0 Å². The van der Waals surface area contributed by atoms with Crippen molar-refractivity contribution in [2.75, 3.05) is 6.54 Å². The lowest BCUT2D eigenvalue weighted by Crippen LogP contribution is -2.24. The summed E-state index contributed by atoms with van der Waals surface area (Å²) >= 11 is 0. The van der Waals surface area contributed by atoms with Crippen molar-refractivity contribution in [1.29, 1.82) is 0 Å². The van der Waals surface area contributed by atoms with Gasteiger partial charge in [0.05, 0.1) is 0 Å². The Morgan fingerprint density at radius 2 is 1.80 bits per heavy atom. The van der Waals surface area contributed by atoms with E-state index in [1.165, 1.54) is 11.1 Å². The first-order valence-electron chi connectivity index (χ1n) is 7.56. The molecule has 2 heteroatoms. The minimum Gasteiger partial charge on any atom is -0.330 e. The van der Waals surface area contributed by atoms with E-state index in [0.29, 0.717) is 18.9 Å². The molecule has 0 radical (unpaired) electrons. The quantitative estimate of drug-likeness (QED) is 0.787. The van der Waals surface area contributed by atoms with Crippen molar-refractivity contribution in [2.45, 2.75) is 53.9 Å². The van der Waals surface area contributed by atoms with Crippen molar-refractivity contribution in [3.63, 3.8) is 0 Å². The van der Waals surface area contributed by atoms with Gasteiger partial charge in [-0.2, -0.15) is 0 Å². The van der Waals surface area contributed by atoms with Crippen LogP contribution in [0.1, 0.15) is 61.5 Å². The maximum absolute atomic E-state index is 12.3. The number of benzene rings is 1. The Bertz CT molecular complexity index is 457. The van der Waals surface area contributed by atoms with E-state index in [1.807, 2.05) is 18.2 Å². The summed E-state index contributed by atoms with van der Waals surface area (Å²) < 4.78 is 0. The fourth-order valence-corrected chi connectivity index (χ4v) is 2.58. The largest absolute Gasteiger partial charge is 0.330 e. The standard InChI is InChI=1S/C18H29NO/c1-13-6-7-15(12-14(13)2)17(20)9-8-16(10-11-19)18(3,4)5/h6-7,12,16H,8-11,19H2,1-5H3. The SMILES string of the molecule is Cc1ccc(C(=O)CCC(CCN)C(C)(C)C)cc1C. The molecule has 0 bridgehead atoms. The van der Waals surface area contributed by atoms with Crippen molar-refractivity contribution < 1.29 is 4.79 Å². The molecule has 1 rings (SSSR count). The Balaban J connectivity index is 2.68. The van der Waals surface area contributed by atoms with Crippen LogP contribution in [0.2, 0.25) is 0 Å². The monoisotopic (exact) mass is 275 g/mol. The van der Waals surface area contributed by atoms with Gasteiger partial charge in [-0.3, -0.25) is 4.79 Å². The van der Waals surface area contributed by atoms with Gasteiger partial charge in [0.2, 0.25) is 0 Å². The van der Waals surface area contributed by atoms with Crippen LogP contribution >= 0.6 is 0 Å². The number of ketones is 1. The molecular weight excluding hydrogens is 246 g/mol. The number of carbonyl (C=O) groups is 1. The fraction of sp³-hybridized carbons (Fsp3) is 0.611. The van der Waals surface area contributed by atoms with E-state index in [0.717, 1.165) is 18.4 Å². The minimum absolute atomic E-state index is 0.211. The average molecular weight is 275 g/mol. The lowest BCUT2D eigenvalue weighted by molar-refractivity contribution is 0.0957. The third-order valence-electron chi connectivity index (χ3n) is 4.29. The Morgan fingerprint density at radius 3 is 2.30 bits per heavy atom. The van der Waals surface area contributed by atoms with Gasteiger partial charge in [0, 0.05) is 12.0 Å². The number of aryl methyl sites for hydroxylation is 2. The zero-order chi connectivity index (χ0) is 15.3. The van der Waals surface area contributed by atoms with Gasteiger partial charge in [-0.25, -0.2) is 0 Å². The first-order valence-corrected chi connectivity index (χ1v) is 7.56. The molecule has 1 unspecified atom stereocenters. The highest BCUT2D eigenvalue weighted by Crippen LogP contribution is 2.32. The Hall–Kier alpha value is -1.15. The van der Waals surface area contributed by atoms with Crippen LogP contribution in [0.4, 0.5) is 0 Å². The first kappa shape index (κ1) is 16.9. The second-order valence-corrected chi connectivity index (χ2v) is 6.90. The molecule has 0 saturated carbocycles. The smallest absolute Gasteiger partial charge is 0.162 e. The Kier molecular flexibility index (Phi) is 5.94. The van der Waals surface area contributed by atoms with Crippen molar-refractivity contribution in [3.05, 3.63) is 34.9 Å². The van der Waals surface area contributed by atoms with Crippen LogP contribution in [0.25, 0.3) is 0 Å². The number of carbonyl (C=O) groups excluding carboxylic acids is 1. The third-order valence-corrected chi connectivity index (χ3v) is 4.29. The van der Waals surface area contributed by atoms with Gasteiger partial charge < -0.3 is 5.73 Å². The second kappa shape index (κ2) is 7.03. The van der Waals surface area contributed by atoms with Crippen LogP contribution < -0.4 is 5.73 Å². The van der Waals surface area contributed by atoms with Gasteiger partial charge in [-0.05, 0) is 61.8 Å². The number of hydrogen-bond acceptors (Lipinski definition) is 2. The summed E-state index contributed by atoms with van der Waals surface area (Å²) in [6.45, 7) is 11.5. The maximum atomic E-state index is 12.3. The van der Waals surface area contributed by atoms with E-state index in [1.54, 1.807) is 0 Å². The topological polar surface area (TPSA) is 43.1 Å². The highest BCUT2D eigenvalue weighted by molar-refractivity contribution is 5.96. The lowest BCUT2D eigenvalue weighted by Gasteiger charge is -2.30. The molecule has 0 aromatic heterocycles. The summed E-state index contributed by atoms with van der Waals surface area (Å²) in [6.07, 6.45) is 2.53. The molecule has 0 aliphatic rings. The van der Waals surface area contributed by atoms with Gasteiger partial charge in [0.1, 0.15) is 0 Å². The van der Waals surface area contributed by atoms with Crippen LogP contribution in [-0.4, -0.2) is 12.3 Å². The highest BCUT2D eigenvalue weighted by atomic mass is 16.1. The molecule has 20 heavy (non-hydrogen) atoms. The van der Waals surface area contributed by atoms with Crippen LogP contribution in [0.15, 0.2) is 18.2 Å². The highest BCUT2D eigenvalue weighted by Gasteiger charge is 2.24. The maximum Gasteiger partial charge on any atom is 0.162 e. The molecule has 0 fully saturated rings. The zero-order valence-electron chi connectivity index (χ0n) is 13.6. The number of Topliss-reactive ketones (excluding diaryl/α,β-unsaturated/α-hetero) is 1. The van der Waals surface area contributed by atoms with Crippen molar-refractivity contribution in [1.82, 2.24) is 0 Å². The summed E-state index contributed by atoms with van der Waals surface area (Å²) in [5, 5.41) is 0. The average Bonchev–Trinajstić information content (AvgIpc) is 2.36. The molecular formula is C18H29NO. The third kappa shape index (κ3) is 4.75. The molecule has 2 N–H and O–H groups in total.